The van der Waals surface area contributed by atoms with Gasteiger partial charge in [0, 0.05) is 37.4 Å². The van der Waals surface area contributed by atoms with Crippen molar-refractivity contribution >= 4 is 29.3 Å². The Labute approximate surface area is 140 Å². The van der Waals surface area contributed by atoms with Gasteiger partial charge < -0.3 is 20.2 Å². The van der Waals surface area contributed by atoms with Crippen molar-refractivity contribution in [3.8, 4) is 0 Å². The average Bonchev–Trinajstić information content (AvgIpc) is 3.01. The lowest BCUT2D eigenvalue weighted by Gasteiger charge is -2.30. The molecule has 0 aliphatic carbocycles. The van der Waals surface area contributed by atoms with E-state index >= 15 is 0 Å². The molecular formula is C17H21N3O4. The first-order valence-electron chi connectivity index (χ1n) is 8.24. The first-order valence-corrected chi connectivity index (χ1v) is 8.24. The Morgan fingerprint density at radius 2 is 2.04 bits per heavy atom. The number of carbonyl (C=O) groups excluding carboxylic acids is 2. The number of likely N-dealkylation sites (tertiary alicyclic amines) is 1. The summed E-state index contributed by atoms with van der Waals surface area (Å²) in [6.45, 7) is 1.48. The van der Waals surface area contributed by atoms with Gasteiger partial charge in [0.2, 0.25) is 5.91 Å². The third-order valence-electron chi connectivity index (χ3n) is 4.54. The van der Waals surface area contributed by atoms with Gasteiger partial charge in [-0.2, -0.15) is 0 Å². The van der Waals surface area contributed by atoms with Crippen LogP contribution in [0.2, 0.25) is 0 Å². The lowest BCUT2D eigenvalue weighted by molar-refractivity contribution is -0.143. The smallest absolute Gasteiger partial charge is 0.321 e. The average molecular weight is 331 g/mol. The summed E-state index contributed by atoms with van der Waals surface area (Å²) in [7, 11) is 0. The number of urea groups is 1. The van der Waals surface area contributed by atoms with Crippen molar-refractivity contribution in [3.05, 3.63) is 24.3 Å². The maximum atomic E-state index is 12.4. The predicted molar refractivity (Wildman–Crippen MR) is 89.0 cm³/mol. The van der Waals surface area contributed by atoms with E-state index in [9.17, 15) is 14.4 Å². The Balaban J connectivity index is 1.66. The molecule has 2 aliphatic heterocycles. The molecule has 1 aromatic rings. The van der Waals surface area contributed by atoms with Crippen molar-refractivity contribution in [2.45, 2.75) is 25.7 Å². The molecule has 3 amide bonds. The number of nitrogens with one attached hydrogen (secondary N) is 1. The minimum atomic E-state index is -0.859. The second-order valence-corrected chi connectivity index (χ2v) is 6.25. The molecule has 1 atom stereocenters. The van der Waals surface area contributed by atoms with Crippen LogP contribution in [0.1, 0.15) is 25.7 Å². The predicted octanol–water partition coefficient (Wildman–Crippen LogP) is 2.14. The Hall–Kier alpha value is -2.57. The first-order chi connectivity index (χ1) is 11.5. The molecule has 2 aliphatic rings. The maximum Gasteiger partial charge on any atom is 0.321 e. The molecule has 0 spiro atoms. The number of carboxylic acids is 1. The highest BCUT2D eigenvalue weighted by Crippen LogP contribution is 2.25. The van der Waals surface area contributed by atoms with Crippen molar-refractivity contribution in [1.82, 2.24) is 4.90 Å². The number of carbonyl (C=O) groups is 3. The molecule has 2 saturated heterocycles. The van der Waals surface area contributed by atoms with E-state index in [-0.39, 0.29) is 18.5 Å². The van der Waals surface area contributed by atoms with Crippen LogP contribution in [0.5, 0.6) is 0 Å². The number of benzene rings is 1. The first kappa shape index (κ1) is 16.3. The third-order valence-corrected chi connectivity index (χ3v) is 4.54. The number of amides is 3. The standard InChI is InChI=1S/C17H21N3O4/c21-15-7-3-9-20(15)14-6-1-5-13(10-14)18-17(24)19-8-2-4-12(11-19)16(22)23/h1,5-6,10,12H,2-4,7-9,11H2,(H,18,24)(H,22,23). The molecule has 128 valence electrons. The normalized spacial score (nSPS) is 21.0. The number of hydrogen-bond acceptors (Lipinski definition) is 3. The summed E-state index contributed by atoms with van der Waals surface area (Å²) in [5, 5.41) is 11.9. The van der Waals surface area contributed by atoms with Gasteiger partial charge in [-0.05, 0) is 37.5 Å². The van der Waals surface area contributed by atoms with Crippen molar-refractivity contribution in [2.75, 3.05) is 29.9 Å². The zero-order chi connectivity index (χ0) is 17.1. The molecule has 2 fully saturated rings. The molecule has 1 unspecified atom stereocenters. The summed E-state index contributed by atoms with van der Waals surface area (Å²) >= 11 is 0. The summed E-state index contributed by atoms with van der Waals surface area (Å²) in [6, 6.07) is 6.89. The second kappa shape index (κ2) is 6.90. The molecular weight excluding hydrogens is 310 g/mol. The molecule has 24 heavy (non-hydrogen) atoms. The van der Waals surface area contributed by atoms with Crippen LogP contribution < -0.4 is 10.2 Å². The molecule has 7 heteroatoms. The van der Waals surface area contributed by atoms with E-state index in [1.54, 1.807) is 23.1 Å². The monoisotopic (exact) mass is 331 g/mol. The van der Waals surface area contributed by atoms with Crippen molar-refractivity contribution < 1.29 is 19.5 Å². The number of anilines is 2. The number of piperidine rings is 1. The van der Waals surface area contributed by atoms with Gasteiger partial charge in [0.25, 0.3) is 0 Å². The van der Waals surface area contributed by atoms with Gasteiger partial charge in [-0.3, -0.25) is 9.59 Å². The third kappa shape index (κ3) is 3.50. The lowest BCUT2D eigenvalue weighted by atomic mass is 9.99. The molecule has 2 heterocycles. The Kier molecular flexibility index (Phi) is 4.69. The highest BCUT2D eigenvalue weighted by Gasteiger charge is 2.28. The zero-order valence-corrected chi connectivity index (χ0v) is 13.4. The van der Waals surface area contributed by atoms with Crippen LogP contribution in [-0.2, 0) is 9.59 Å². The minimum absolute atomic E-state index is 0.0961. The number of hydrogen-bond donors (Lipinski definition) is 2. The number of rotatable bonds is 3. The molecule has 0 bridgehead atoms. The van der Waals surface area contributed by atoms with Crippen LogP contribution >= 0.6 is 0 Å². The van der Waals surface area contributed by atoms with Crippen LogP contribution in [0, 0.1) is 5.92 Å². The highest BCUT2D eigenvalue weighted by atomic mass is 16.4. The van der Waals surface area contributed by atoms with Crippen LogP contribution in [0.25, 0.3) is 0 Å². The summed E-state index contributed by atoms with van der Waals surface area (Å²) in [4.78, 5) is 38.6. The zero-order valence-electron chi connectivity index (χ0n) is 13.4. The number of carboxylic acid groups (broad SMARTS) is 1. The van der Waals surface area contributed by atoms with Gasteiger partial charge in [0.05, 0.1) is 5.92 Å². The summed E-state index contributed by atoms with van der Waals surface area (Å²) in [5.74, 6) is -1.26. The fourth-order valence-electron chi connectivity index (χ4n) is 3.24. The van der Waals surface area contributed by atoms with E-state index in [0.29, 0.717) is 38.0 Å². The fraction of sp³-hybridized carbons (Fsp3) is 0.471. The second-order valence-electron chi connectivity index (χ2n) is 6.25. The maximum absolute atomic E-state index is 12.4. The van der Waals surface area contributed by atoms with Gasteiger partial charge in [-0.1, -0.05) is 6.07 Å². The number of nitrogens with zero attached hydrogens (tertiary/aromatic N) is 2. The van der Waals surface area contributed by atoms with Crippen molar-refractivity contribution in [1.29, 1.82) is 0 Å². The minimum Gasteiger partial charge on any atom is -0.481 e. The van der Waals surface area contributed by atoms with Gasteiger partial charge in [0.1, 0.15) is 0 Å². The largest absolute Gasteiger partial charge is 0.481 e. The van der Waals surface area contributed by atoms with E-state index in [4.69, 9.17) is 5.11 Å². The Morgan fingerprint density at radius 1 is 1.21 bits per heavy atom. The van der Waals surface area contributed by atoms with Crippen molar-refractivity contribution in [3.63, 3.8) is 0 Å². The quantitative estimate of drug-likeness (QED) is 0.888. The Morgan fingerprint density at radius 3 is 2.75 bits per heavy atom. The summed E-state index contributed by atoms with van der Waals surface area (Å²) < 4.78 is 0. The molecule has 7 nitrogen and oxygen atoms in total. The topological polar surface area (TPSA) is 89.9 Å². The molecule has 0 radical (unpaired) electrons. The van der Waals surface area contributed by atoms with E-state index < -0.39 is 11.9 Å². The van der Waals surface area contributed by atoms with Crippen LogP contribution in [-0.4, -0.2) is 47.5 Å². The van der Waals surface area contributed by atoms with Crippen LogP contribution in [0.4, 0.5) is 16.2 Å². The fourth-order valence-corrected chi connectivity index (χ4v) is 3.24. The van der Waals surface area contributed by atoms with Crippen LogP contribution in [0.15, 0.2) is 24.3 Å². The lowest BCUT2D eigenvalue weighted by Crippen LogP contribution is -2.44. The van der Waals surface area contributed by atoms with Gasteiger partial charge >= 0.3 is 12.0 Å². The molecule has 3 rings (SSSR count). The van der Waals surface area contributed by atoms with E-state index in [1.807, 2.05) is 6.07 Å². The van der Waals surface area contributed by atoms with E-state index in [0.717, 1.165) is 12.1 Å². The number of aliphatic carboxylic acids is 1. The summed E-state index contributed by atoms with van der Waals surface area (Å²) in [6.07, 6.45) is 2.69. The van der Waals surface area contributed by atoms with E-state index in [2.05, 4.69) is 5.32 Å². The molecule has 2 N–H and O–H groups in total. The SMILES string of the molecule is O=C(O)C1CCCN(C(=O)Nc2cccc(N3CCCC3=O)c2)C1. The van der Waals surface area contributed by atoms with Gasteiger partial charge in [-0.25, -0.2) is 4.79 Å². The molecule has 0 saturated carbocycles. The van der Waals surface area contributed by atoms with Gasteiger partial charge in [-0.15, -0.1) is 0 Å². The van der Waals surface area contributed by atoms with Crippen molar-refractivity contribution in [2.24, 2.45) is 5.92 Å². The summed E-state index contributed by atoms with van der Waals surface area (Å²) in [5.41, 5.74) is 1.38. The molecule has 1 aromatic carbocycles. The highest BCUT2D eigenvalue weighted by molar-refractivity contribution is 5.96. The van der Waals surface area contributed by atoms with Gasteiger partial charge in [0.15, 0.2) is 0 Å². The Bertz CT molecular complexity index is 661. The molecule has 0 aromatic heterocycles. The van der Waals surface area contributed by atoms with Crippen LogP contribution in [0.3, 0.4) is 0 Å². The van der Waals surface area contributed by atoms with E-state index in [1.165, 1.54) is 4.90 Å².